The van der Waals surface area contributed by atoms with E-state index in [-0.39, 0.29) is 29.6 Å². The van der Waals surface area contributed by atoms with Crippen LogP contribution in [0, 0.1) is 23.7 Å². The van der Waals surface area contributed by atoms with Gasteiger partial charge in [0, 0.05) is 5.92 Å². The van der Waals surface area contributed by atoms with E-state index < -0.39 is 23.4 Å². The number of carboxylic acids is 1. The van der Waals surface area contributed by atoms with Crippen molar-refractivity contribution in [3.8, 4) is 6.01 Å². The van der Waals surface area contributed by atoms with Crippen LogP contribution in [-0.2, 0) is 6.18 Å². The lowest BCUT2D eigenvalue weighted by Crippen LogP contribution is -2.27. The molecular weight excluding hydrogens is 373 g/mol. The maximum absolute atomic E-state index is 13.7. The molecular formula is C20H23F3N2O3. The van der Waals surface area contributed by atoms with Gasteiger partial charge in [-0.05, 0) is 68.6 Å². The fourth-order valence-corrected chi connectivity index (χ4v) is 6.24. The van der Waals surface area contributed by atoms with Crippen LogP contribution in [0.25, 0.3) is 0 Å². The van der Waals surface area contributed by atoms with Gasteiger partial charge in [-0.25, -0.2) is 4.79 Å². The molecule has 152 valence electrons. The summed E-state index contributed by atoms with van der Waals surface area (Å²) in [4.78, 5) is 19.7. The molecule has 0 radical (unpaired) electrons. The zero-order valence-electron chi connectivity index (χ0n) is 15.4. The molecule has 1 heterocycles. The maximum atomic E-state index is 13.7. The van der Waals surface area contributed by atoms with Crippen LogP contribution in [0.1, 0.15) is 79.0 Å². The molecule has 0 saturated heterocycles. The lowest BCUT2D eigenvalue weighted by atomic mass is 9.84. The predicted octanol–water partition coefficient (Wildman–Crippen LogP) is 4.66. The van der Waals surface area contributed by atoms with Gasteiger partial charge in [0.25, 0.3) is 0 Å². The summed E-state index contributed by atoms with van der Waals surface area (Å²) in [6.07, 6.45) is 2.63. The van der Waals surface area contributed by atoms with Crippen LogP contribution in [0.2, 0.25) is 0 Å². The first-order valence-electron chi connectivity index (χ1n) is 10.2. The number of nitrogens with zero attached hydrogens (tertiary/aromatic N) is 2. The number of ether oxygens (including phenoxy) is 1. The number of hydrogen-bond acceptors (Lipinski definition) is 4. The minimum absolute atomic E-state index is 0.0279. The first kappa shape index (κ1) is 18.2. The predicted molar refractivity (Wildman–Crippen MR) is 92.0 cm³/mol. The maximum Gasteiger partial charge on any atom is 0.434 e. The average Bonchev–Trinajstić information content (AvgIpc) is 3.41. The summed E-state index contributed by atoms with van der Waals surface area (Å²) in [5, 5.41) is 9.58. The lowest BCUT2D eigenvalue weighted by Gasteiger charge is -2.26. The summed E-state index contributed by atoms with van der Waals surface area (Å²) in [7, 11) is 0. The minimum Gasteiger partial charge on any atom is -0.478 e. The number of hydrogen-bond donors (Lipinski definition) is 1. The molecule has 4 saturated carbocycles. The van der Waals surface area contributed by atoms with Gasteiger partial charge in [-0.2, -0.15) is 23.1 Å². The minimum atomic E-state index is -4.87. The Labute approximate surface area is 160 Å². The monoisotopic (exact) mass is 396 g/mol. The van der Waals surface area contributed by atoms with E-state index in [4.69, 9.17) is 4.74 Å². The molecule has 5 rings (SSSR count). The Balaban J connectivity index is 1.56. The summed E-state index contributed by atoms with van der Waals surface area (Å²) < 4.78 is 46.9. The van der Waals surface area contributed by atoms with Gasteiger partial charge in [-0.1, -0.05) is 6.42 Å². The van der Waals surface area contributed by atoms with Crippen LogP contribution in [0.15, 0.2) is 0 Å². The Morgan fingerprint density at radius 2 is 1.64 bits per heavy atom. The molecule has 6 atom stereocenters. The van der Waals surface area contributed by atoms with Crippen LogP contribution in [0.5, 0.6) is 6.01 Å². The first-order chi connectivity index (χ1) is 13.3. The van der Waals surface area contributed by atoms with Gasteiger partial charge in [0.1, 0.15) is 11.7 Å². The molecule has 1 aromatic rings. The molecule has 4 aliphatic carbocycles. The van der Waals surface area contributed by atoms with E-state index in [0.29, 0.717) is 24.2 Å². The van der Waals surface area contributed by atoms with Crippen molar-refractivity contribution in [1.82, 2.24) is 9.97 Å². The van der Waals surface area contributed by atoms with Crippen LogP contribution in [-0.4, -0.2) is 27.1 Å². The first-order valence-corrected chi connectivity index (χ1v) is 10.2. The molecule has 8 heteroatoms. The number of alkyl halides is 3. The largest absolute Gasteiger partial charge is 0.478 e. The number of rotatable bonds is 4. The average molecular weight is 396 g/mol. The van der Waals surface area contributed by atoms with Crippen LogP contribution in [0.4, 0.5) is 13.2 Å². The van der Waals surface area contributed by atoms with Crippen LogP contribution in [0.3, 0.4) is 0 Å². The van der Waals surface area contributed by atoms with Crippen molar-refractivity contribution in [3.05, 3.63) is 17.0 Å². The van der Waals surface area contributed by atoms with E-state index in [1.807, 2.05) is 0 Å². The summed E-state index contributed by atoms with van der Waals surface area (Å²) in [5.74, 6) is -0.299. The molecule has 0 spiro atoms. The highest BCUT2D eigenvalue weighted by atomic mass is 19.4. The van der Waals surface area contributed by atoms with E-state index in [1.165, 1.54) is 0 Å². The van der Waals surface area contributed by atoms with Crippen molar-refractivity contribution in [2.45, 2.75) is 69.6 Å². The van der Waals surface area contributed by atoms with Gasteiger partial charge >= 0.3 is 18.2 Å². The summed E-state index contributed by atoms with van der Waals surface area (Å²) in [6.45, 7) is 0. The summed E-state index contributed by atoms with van der Waals surface area (Å²) in [6, 6.07) is -0.298. The molecule has 0 aliphatic heterocycles. The van der Waals surface area contributed by atoms with Crippen molar-refractivity contribution in [1.29, 1.82) is 0 Å². The van der Waals surface area contributed by atoms with E-state index >= 15 is 0 Å². The zero-order chi connectivity index (χ0) is 19.6. The van der Waals surface area contributed by atoms with Gasteiger partial charge in [-0.3, -0.25) is 0 Å². The Kier molecular flexibility index (Phi) is 4.11. The van der Waals surface area contributed by atoms with Crippen molar-refractivity contribution in [2.75, 3.05) is 0 Å². The molecule has 4 bridgehead atoms. The standard InChI is InChI=1S/C20H23F3N2O3/c21-20(22,23)17-15(18(26)27)16(13-7-9-1-3-11(13)5-9)24-19(25-17)28-14-8-10-2-4-12(14)6-10/h9-14H,1-8H2,(H,26,27)/t9?,10-,11?,12+,13?,14+/m1/s1. The molecule has 4 aliphatic rings. The van der Waals surface area contributed by atoms with Crippen molar-refractivity contribution < 1.29 is 27.8 Å². The summed E-state index contributed by atoms with van der Waals surface area (Å²) in [5.41, 5.74) is -2.13. The molecule has 0 amide bonds. The Morgan fingerprint density at radius 1 is 0.964 bits per heavy atom. The van der Waals surface area contributed by atoms with Gasteiger partial charge in [0.15, 0.2) is 5.69 Å². The van der Waals surface area contributed by atoms with Crippen LogP contribution < -0.4 is 4.74 Å². The van der Waals surface area contributed by atoms with E-state index in [1.54, 1.807) is 0 Å². The number of carbonyl (C=O) groups is 1. The van der Waals surface area contributed by atoms with Crippen molar-refractivity contribution >= 4 is 5.97 Å². The van der Waals surface area contributed by atoms with E-state index in [2.05, 4.69) is 9.97 Å². The van der Waals surface area contributed by atoms with Crippen molar-refractivity contribution in [3.63, 3.8) is 0 Å². The highest BCUT2D eigenvalue weighted by Crippen LogP contribution is 2.54. The van der Waals surface area contributed by atoms with Gasteiger partial charge in [0.05, 0.1) is 5.69 Å². The van der Waals surface area contributed by atoms with Crippen LogP contribution >= 0.6 is 0 Å². The fourth-order valence-electron chi connectivity index (χ4n) is 6.24. The lowest BCUT2D eigenvalue weighted by molar-refractivity contribution is -0.142. The number of fused-ring (bicyclic) bond motifs is 4. The van der Waals surface area contributed by atoms with Gasteiger partial charge < -0.3 is 9.84 Å². The Hall–Kier alpha value is -1.86. The van der Waals surface area contributed by atoms with E-state index in [9.17, 15) is 23.1 Å². The Morgan fingerprint density at radius 3 is 2.14 bits per heavy atom. The molecule has 1 aromatic heterocycles. The van der Waals surface area contributed by atoms with E-state index in [0.717, 1.165) is 44.9 Å². The quantitative estimate of drug-likeness (QED) is 0.801. The number of halogens is 3. The molecule has 0 aromatic carbocycles. The molecule has 3 unspecified atom stereocenters. The highest BCUT2D eigenvalue weighted by molar-refractivity contribution is 5.90. The molecule has 4 fully saturated rings. The second-order valence-corrected chi connectivity index (χ2v) is 9.03. The molecule has 28 heavy (non-hydrogen) atoms. The third-order valence-corrected chi connectivity index (χ3v) is 7.42. The molecule has 5 nitrogen and oxygen atoms in total. The zero-order valence-corrected chi connectivity index (χ0v) is 15.4. The SMILES string of the molecule is O=C(O)c1c(C2CC3CCC2C3)nc(O[C@H]2C[C@@H]3CC[C@H]2C3)nc1C(F)(F)F. The third kappa shape index (κ3) is 2.95. The normalized spacial score (nSPS) is 36.2. The molecule has 1 N–H and O–H groups in total. The second kappa shape index (κ2) is 6.32. The highest BCUT2D eigenvalue weighted by Gasteiger charge is 2.47. The third-order valence-electron chi connectivity index (χ3n) is 7.42. The number of carboxylic acid groups (broad SMARTS) is 1. The number of aromatic nitrogens is 2. The summed E-state index contributed by atoms with van der Waals surface area (Å²) >= 11 is 0. The van der Waals surface area contributed by atoms with Gasteiger partial charge in [-0.15, -0.1) is 0 Å². The van der Waals surface area contributed by atoms with Crippen molar-refractivity contribution in [2.24, 2.45) is 23.7 Å². The topological polar surface area (TPSA) is 72.3 Å². The van der Waals surface area contributed by atoms with Gasteiger partial charge in [0.2, 0.25) is 0 Å². The number of aromatic carboxylic acids is 1. The second-order valence-electron chi connectivity index (χ2n) is 9.03. The Bertz CT molecular complexity index is 813. The fraction of sp³-hybridized carbons (Fsp3) is 0.750. The smallest absolute Gasteiger partial charge is 0.434 e.